The van der Waals surface area contributed by atoms with Gasteiger partial charge >= 0.3 is 0 Å². The molecule has 0 aliphatic heterocycles. The lowest BCUT2D eigenvalue weighted by Gasteiger charge is -1.90. The van der Waals surface area contributed by atoms with Crippen molar-refractivity contribution < 1.29 is 9.53 Å². The molecule has 0 heterocycles. The van der Waals surface area contributed by atoms with Crippen molar-refractivity contribution in [3.8, 4) is 11.3 Å². The van der Waals surface area contributed by atoms with Crippen LogP contribution in [-0.2, 0) is 9.53 Å². The van der Waals surface area contributed by atoms with Crippen molar-refractivity contribution in [3.63, 3.8) is 0 Å². The Morgan fingerprint density at radius 1 is 1.67 bits per heavy atom. The van der Waals surface area contributed by atoms with E-state index in [4.69, 9.17) is 11.6 Å². The molecule has 0 unspecified atom stereocenters. The van der Waals surface area contributed by atoms with Gasteiger partial charge in [-0.2, -0.15) is 0 Å². The lowest BCUT2D eigenvalue weighted by atomic mass is 10.3. The average Bonchev–Trinajstić information content (AvgIpc) is 1.89. The van der Waals surface area contributed by atoms with E-state index in [9.17, 15) is 4.79 Å². The van der Waals surface area contributed by atoms with Crippen LogP contribution >= 0.6 is 11.6 Å². The number of hydrogen-bond acceptors (Lipinski definition) is 2. The summed E-state index contributed by atoms with van der Waals surface area (Å²) in [7, 11) is 0. The van der Waals surface area contributed by atoms with E-state index in [-0.39, 0.29) is 0 Å². The fourth-order valence-electron chi connectivity index (χ4n) is 0.339. The molecule has 0 N–H and O–H groups in total. The molecule has 0 saturated carbocycles. The Morgan fingerprint density at radius 3 is 3.00 bits per heavy atom. The lowest BCUT2D eigenvalue weighted by molar-refractivity contribution is -0.128. The zero-order valence-corrected chi connectivity index (χ0v) is 5.65. The SMILES string of the molecule is O=COCCCC#CCl. The number of carbonyl (C=O) groups excluding carboxylic acids is 1. The molecule has 9 heavy (non-hydrogen) atoms. The van der Waals surface area contributed by atoms with E-state index in [0.29, 0.717) is 19.5 Å². The second-order valence-corrected chi connectivity index (χ2v) is 1.53. The molecule has 2 nitrogen and oxygen atoms in total. The van der Waals surface area contributed by atoms with Gasteiger partial charge in [0.2, 0.25) is 0 Å². The molecule has 0 atom stereocenters. The molecule has 0 radical (unpaired) electrons. The zero-order valence-electron chi connectivity index (χ0n) is 4.89. The molecule has 3 heteroatoms. The molecule has 0 aliphatic rings. The predicted octanol–water partition coefficient (Wildman–Crippen LogP) is 1.14. The Kier molecular flexibility index (Phi) is 6.77. The third kappa shape index (κ3) is 7.32. The highest BCUT2D eigenvalue weighted by atomic mass is 35.5. The lowest BCUT2D eigenvalue weighted by Crippen LogP contribution is -1.89. The first kappa shape index (κ1) is 8.32. The van der Waals surface area contributed by atoms with Crippen LogP contribution in [0.3, 0.4) is 0 Å². The van der Waals surface area contributed by atoms with Gasteiger partial charge in [0, 0.05) is 11.8 Å². The Balaban J connectivity index is 2.88. The summed E-state index contributed by atoms with van der Waals surface area (Å²) < 4.78 is 4.39. The maximum absolute atomic E-state index is 9.55. The number of unbranched alkanes of at least 4 members (excludes halogenated alkanes) is 1. The summed E-state index contributed by atoms with van der Waals surface area (Å²) in [4.78, 5) is 9.55. The Morgan fingerprint density at radius 2 is 2.44 bits per heavy atom. The van der Waals surface area contributed by atoms with Crippen LogP contribution in [-0.4, -0.2) is 13.1 Å². The van der Waals surface area contributed by atoms with Gasteiger partial charge in [-0.3, -0.25) is 4.79 Å². The highest BCUT2D eigenvalue weighted by Crippen LogP contribution is 1.85. The minimum Gasteiger partial charge on any atom is -0.468 e. The molecule has 0 rings (SSSR count). The Hall–Kier alpha value is -0.680. The van der Waals surface area contributed by atoms with Crippen LogP contribution < -0.4 is 0 Å². The third-order valence-corrected chi connectivity index (χ3v) is 0.832. The summed E-state index contributed by atoms with van der Waals surface area (Å²) in [6.45, 7) is 0.850. The van der Waals surface area contributed by atoms with Gasteiger partial charge in [-0.1, -0.05) is 5.92 Å². The first-order valence-electron chi connectivity index (χ1n) is 2.55. The first-order chi connectivity index (χ1) is 4.41. The molecule has 0 amide bonds. The quantitative estimate of drug-likeness (QED) is 0.338. The normalized spacial score (nSPS) is 7.22. The van der Waals surface area contributed by atoms with E-state index >= 15 is 0 Å². The van der Waals surface area contributed by atoms with E-state index in [1.165, 1.54) is 0 Å². The highest BCUT2D eigenvalue weighted by Gasteiger charge is 1.81. The van der Waals surface area contributed by atoms with Crippen LogP contribution in [0.1, 0.15) is 12.8 Å². The smallest absolute Gasteiger partial charge is 0.293 e. The van der Waals surface area contributed by atoms with Crippen molar-refractivity contribution in [2.75, 3.05) is 6.61 Å². The maximum Gasteiger partial charge on any atom is 0.293 e. The summed E-state index contributed by atoms with van der Waals surface area (Å²) >= 11 is 5.04. The van der Waals surface area contributed by atoms with Gasteiger partial charge in [0.1, 0.15) is 0 Å². The van der Waals surface area contributed by atoms with Crippen molar-refractivity contribution in [3.05, 3.63) is 0 Å². The fraction of sp³-hybridized carbons (Fsp3) is 0.500. The van der Waals surface area contributed by atoms with Gasteiger partial charge in [0.15, 0.2) is 0 Å². The van der Waals surface area contributed by atoms with E-state index < -0.39 is 0 Å². The van der Waals surface area contributed by atoms with Crippen LogP contribution in [0, 0.1) is 11.3 Å². The molecular weight excluding hydrogens is 140 g/mol. The molecule has 0 aromatic carbocycles. The molecule has 0 fully saturated rings. The van der Waals surface area contributed by atoms with Crippen LogP contribution in [0.25, 0.3) is 0 Å². The van der Waals surface area contributed by atoms with Crippen LogP contribution in [0.4, 0.5) is 0 Å². The summed E-state index contributed by atoms with van der Waals surface area (Å²) in [5.41, 5.74) is 0. The number of hydrogen-bond donors (Lipinski definition) is 0. The van der Waals surface area contributed by atoms with Crippen molar-refractivity contribution in [2.45, 2.75) is 12.8 Å². The van der Waals surface area contributed by atoms with Crippen LogP contribution in [0.5, 0.6) is 0 Å². The second kappa shape index (κ2) is 7.32. The zero-order chi connectivity index (χ0) is 6.95. The summed E-state index contributed by atoms with van der Waals surface area (Å²) in [5, 5.41) is 2.22. The van der Waals surface area contributed by atoms with Gasteiger partial charge in [-0.15, -0.1) is 0 Å². The van der Waals surface area contributed by atoms with Crippen molar-refractivity contribution >= 4 is 18.1 Å². The van der Waals surface area contributed by atoms with E-state index in [1.807, 2.05) is 0 Å². The Labute approximate surface area is 59.1 Å². The molecule has 50 valence electrons. The van der Waals surface area contributed by atoms with Crippen molar-refractivity contribution in [1.29, 1.82) is 0 Å². The molecule has 0 spiro atoms. The monoisotopic (exact) mass is 146 g/mol. The van der Waals surface area contributed by atoms with Gasteiger partial charge in [-0.25, -0.2) is 0 Å². The van der Waals surface area contributed by atoms with E-state index in [2.05, 4.69) is 16.0 Å². The largest absolute Gasteiger partial charge is 0.468 e. The summed E-state index contributed by atoms with van der Waals surface area (Å²) in [6, 6.07) is 0. The van der Waals surface area contributed by atoms with E-state index in [1.54, 1.807) is 0 Å². The Bertz CT molecular complexity index is 123. The van der Waals surface area contributed by atoms with Gasteiger partial charge in [0.05, 0.1) is 6.61 Å². The van der Waals surface area contributed by atoms with Gasteiger partial charge in [0.25, 0.3) is 6.47 Å². The van der Waals surface area contributed by atoms with Gasteiger partial charge < -0.3 is 4.74 Å². The minimum absolute atomic E-state index is 0.425. The molecular formula is C6H7ClO2. The summed E-state index contributed by atoms with van der Waals surface area (Å²) in [6.07, 6.45) is 1.43. The first-order valence-corrected chi connectivity index (χ1v) is 2.93. The molecule has 0 saturated heterocycles. The minimum atomic E-state index is 0.425. The van der Waals surface area contributed by atoms with Crippen molar-refractivity contribution in [1.82, 2.24) is 0 Å². The number of ether oxygens (including phenoxy) is 1. The number of carbonyl (C=O) groups is 1. The van der Waals surface area contributed by atoms with Gasteiger partial charge in [-0.05, 0) is 18.0 Å². The van der Waals surface area contributed by atoms with Crippen LogP contribution in [0.15, 0.2) is 0 Å². The molecule has 0 aromatic heterocycles. The fourth-order valence-corrected chi connectivity index (χ4v) is 0.434. The van der Waals surface area contributed by atoms with Crippen molar-refractivity contribution in [2.24, 2.45) is 0 Å². The second-order valence-electron chi connectivity index (χ2n) is 1.34. The highest BCUT2D eigenvalue weighted by molar-refractivity contribution is 6.30. The number of rotatable bonds is 4. The molecule has 0 aliphatic carbocycles. The topological polar surface area (TPSA) is 26.3 Å². The third-order valence-electron chi connectivity index (χ3n) is 0.699. The average molecular weight is 147 g/mol. The summed E-state index contributed by atoms with van der Waals surface area (Å²) in [5.74, 6) is 2.63. The number of halogens is 1. The standard InChI is InChI=1S/C6H7ClO2/c7-4-2-1-3-5-9-6-8/h6H,1,3,5H2. The van der Waals surface area contributed by atoms with E-state index in [0.717, 1.165) is 6.42 Å². The predicted molar refractivity (Wildman–Crippen MR) is 34.9 cm³/mol. The maximum atomic E-state index is 9.55. The molecule has 0 bridgehead atoms. The molecule has 0 aromatic rings. The van der Waals surface area contributed by atoms with Crippen LogP contribution in [0.2, 0.25) is 0 Å².